The molecule has 1 saturated heterocycles. The highest BCUT2D eigenvalue weighted by molar-refractivity contribution is 7.80. The van der Waals surface area contributed by atoms with Gasteiger partial charge in [0.05, 0.1) is 16.1 Å². The summed E-state index contributed by atoms with van der Waals surface area (Å²) in [7, 11) is 0. The highest BCUT2D eigenvalue weighted by Crippen LogP contribution is 2.26. The van der Waals surface area contributed by atoms with Gasteiger partial charge in [-0.25, -0.2) is 9.18 Å². The lowest BCUT2D eigenvalue weighted by atomic mass is 10.1. The number of hydrogen-bond acceptors (Lipinski definition) is 6. The molecule has 0 spiro atoms. The van der Waals surface area contributed by atoms with Crippen LogP contribution >= 0.6 is 23.6 Å². The Morgan fingerprint density at radius 3 is 2.58 bits per heavy atom. The van der Waals surface area contributed by atoms with E-state index in [1.54, 1.807) is 22.8 Å². The molecule has 0 bridgehead atoms. The number of aromatic carboxylic acids is 1. The summed E-state index contributed by atoms with van der Waals surface area (Å²) in [6.45, 7) is 4.14. The molecule has 0 saturated carbocycles. The number of carboxylic acid groups (broad SMARTS) is 1. The van der Waals surface area contributed by atoms with Gasteiger partial charge < -0.3 is 19.5 Å². The third-order valence-corrected chi connectivity index (χ3v) is 6.82. The third-order valence-electron chi connectivity index (χ3n) is 5.59. The molecule has 172 valence electrons. The number of nitrogens with zero attached hydrogens (tertiary/aromatic N) is 3. The molecule has 1 aliphatic heterocycles. The minimum atomic E-state index is -1.34. The van der Waals surface area contributed by atoms with Crippen LogP contribution in [0.1, 0.15) is 27.0 Å². The number of thiophene rings is 1. The van der Waals surface area contributed by atoms with Crippen LogP contribution in [0.4, 0.5) is 10.1 Å². The lowest BCUT2D eigenvalue weighted by Gasteiger charge is -2.37. The van der Waals surface area contributed by atoms with E-state index in [4.69, 9.17) is 12.2 Å². The first kappa shape index (κ1) is 22.9. The second-order valence-corrected chi connectivity index (χ2v) is 8.83. The predicted octanol–water partition coefficient (Wildman–Crippen LogP) is 2.76. The Hall–Kier alpha value is -3.31. The van der Waals surface area contributed by atoms with E-state index in [1.807, 2.05) is 22.1 Å². The van der Waals surface area contributed by atoms with E-state index < -0.39 is 17.2 Å². The molecule has 0 radical (unpaired) electrons. The maximum atomic E-state index is 15.0. The molecule has 0 unspecified atom stereocenters. The number of aromatic nitrogens is 1. The summed E-state index contributed by atoms with van der Waals surface area (Å²) >= 11 is 6.70. The molecule has 1 aromatic carbocycles. The zero-order chi connectivity index (χ0) is 23.7. The van der Waals surface area contributed by atoms with Crippen LogP contribution in [0.15, 0.2) is 40.6 Å². The maximum absolute atomic E-state index is 15.0. The second kappa shape index (κ2) is 9.28. The summed E-state index contributed by atoms with van der Waals surface area (Å²) in [4.78, 5) is 40.4. The number of benzene rings is 1. The maximum Gasteiger partial charge on any atom is 0.341 e. The number of carbonyl (C=O) groups is 2. The number of nitrogens with one attached hydrogen (secondary N) is 1. The normalized spacial score (nSPS) is 13.9. The van der Waals surface area contributed by atoms with Crippen molar-refractivity contribution in [3.8, 4) is 0 Å². The topological polar surface area (TPSA) is 94.9 Å². The van der Waals surface area contributed by atoms with Crippen LogP contribution in [0.2, 0.25) is 0 Å². The van der Waals surface area contributed by atoms with Gasteiger partial charge in [-0.2, -0.15) is 0 Å². The van der Waals surface area contributed by atoms with E-state index in [0.29, 0.717) is 53.9 Å². The minimum absolute atomic E-state index is 0.0362. The highest BCUT2D eigenvalue weighted by atomic mass is 32.1. The number of thiocarbonyl (C=S) groups is 1. The number of pyridine rings is 1. The van der Waals surface area contributed by atoms with E-state index in [0.717, 1.165) is 6.07 Å². The molecular formula is C22H21FN4O4S2. The van der Waals surface area contributed by atoms with Crippen molar-refractivity contribution in [2.45, 2.75) is 13.5 Å². The summed E-state index contributed by atoms with van der Waals surface area (Å²) in [5, 5.41) is 14.2. The number of halogens is 1. The smallest absolute Gasteiger partial charge is 0.341 e. The summed E-state index contributed by atoms with van der Waals surface area (Å²) in [5.41, 5.74) is -0.280. The number of carbonyl (C=O) groups excluding carboxylic acids is 1. The van der Waals surface area contributed by atoms with Crippen LogP contribution in [0.3, 0.4) is 0 Å². The second-order valence-electron chi connectivity index (χ2n) is 7.49. The van der Waals surface area contributed by atoms with Crippen molar-refractivity contribution in [1.82, 2.24) is 14.8 Å². The molecule has 0 aliphatic carbocycles. The summed E-state index contributed by atoms with van der Waals surface area (Å²) < 4.78 is 16.6. The molecule has 11 heteroatoms. The highest BCUT2D eigenvalue weighted by Gasteiger charge is 2.24. The van der Waals surface area contributed by atoms with Crippen molar-refractivity contribution < 1.29 is 19.1 Å². The van der Waals surface area contributed by atoms with Crippen LogP contribution in [-0.4, -0.2) is 57.7 Å². The first-order valence-corrected chi connectivity index (χ1v) is 11.6. The predicted molar refractivity (Wildman–Crippen MR) is 129 cm³/mol. The summed E-state index contributed by atoms with van der Waals surface area (Å²) in [6.07, 6.45) is 1.29. The van der Waals surface area contributed by atoms with Crippen LogP contribution in [-0.2, 0) is 6.54 Å². The largest absolute Gasteiger partial charge is 0.477 e. The number of carboxylic acids is 1. The molecule has 0 atom stereocenters. The Bertz CT molecular complexity index is 1300. The molecule has 33 heavy (non-hydrogen) atoms. The number of aryl methyl sites for hydroxylation is 1. The Balaban J connectivity index is 1.53. The molecule has 1 fully saturated rings. The number of hydrogen-bond donors (Lipinski definition) is 2. The van der Waals surface area contributed by atoms with Gasteiger partial charge in [-0.05, 0) is 42.7 Å². The van der Waals surface area contributed by atoms with Crippen LogP contribution < -0.4 is 15.6 Å². The van der Waals surface area contributed by atoms with Crippen LogP contribution in [0.5, 0.6) is 0 Å². The van der Waals surface area contributed by atoms with Crippen molar-refractivity contribution in [2.24, 2.45) is 0 Å². The van der Waals surface area contributed by atoms with Gasteiger partial charge >= 0.3 is 5.97 Å². The number of amides is 1. The average molecular weight is 489 g/mol. The van der Waals surface area contributed by atoms with Crippen molar-refractivity contribution in [1.29, 1.82) is 0 Å². The summed E-state index contributed by atoms with van der Waals surface area (Å²) in [6, 6.07) is 6.22. The standard InChI is InChI=1S/C22H21FN4O4S2/c1-2-25-12-14(21(30)31)19(28)13-10-15(23)17(11-16(13)25)26-5-7-27(8-6-26)22(32)24-20(29)18-4-3-9-33-18/h3-4,9-12H,2,5-8H2,1H3,(H,30,31)(H,24,29,32). The van der Waals surface area contributed by atoms with E-state index in [1.165, 1.54) is 17.5 Å². The van der Waals surface area contributed by atoms with Crippen molar-refractivity contribution in [3.05, 3.63) is 62.3 Å². The quantitative estimate of drug-likeness (QED) is 0.546. The number of rotatable bonds is 4. The third kappa shape index (κ3) is 4.46. The Labute approximate surface area is 197 Å². The number of anilines is 1. The van der Waals surface area contributed by atoms with E-state index in [9.17, 15) is 19.5 Å². The molecular weight excluding hydrogens is 467 g/mol. The van der Waals surface area contributed by atoms with E-state index in [2.05, 4.69) is 5.32 Å². The van der Waals surface area contributed by atoms with Crippen molar-refractivity contribution in [2.75, 3.05) is 31.1 Å². The van der Waals surface area contributed by atoms with Crippen LogP contribution in [0, 0.1) is 5.82 Å². The fraction of sp³-hybridized carbons (Fsp3) is 0.273. The van der Waals surface area contributed by atoms with Gasteiger partial charge in [0.2, 0.25) is 5.43 Å². The molecule has 4 rings (SSSR count). The lowest BCUT2D eigenvalue weighted by molar-refractivity contribution is 0.0694. The number of fused-ring (bicyclic) bond motifs is 1. The molecule has 2 aromatic heterocycles. The van der Waals surface area contributed by atoms with Gasteiger partial charge in [-0.3, -0.25) is 14.9 Å². The van der Waals surface area contributed by atoms with Gasteiger partial charge in [0.25, 0.3) is 5.91 Å². The minimum Gasteiger partial charge on any atom is -0.477 e. The molecule has 3 aromatic rings. The fourth-order valence-corrected chi connectivity index (χ4v) is 4.75. The monoisotopic (exact) mass is 488 g/mol. The van der Waals surface area contributed by atoms with Gasteiger partial charge in [0.15, 0.2) is 5.11 Å². The molecule has 1 aliphatic rings. The van der Waals surface area contributed by atoms with E-state index in [-0.39, 0.29) is 16.9 Å². The first-order valence-electron chi connectivity index (χ1n) is 10.3. The first-order chi connectivity index (χ1) is 15.8. The van der Waals surface area contributed by atoms with E-state index >= 15 is 4.39 Å². The Kier molecular flexibility index (Phi) is 6.43. The Morgan fingerprint density at radius 2 is 1.97 bits per heavy atom. The van der Waals surface area contributed by atoms with Crippen molar-refractivity contribution in [3.63, 3.8) is 0 Å². The number of piperazine rings is 1. The Morgan fingerprint density at radius 1 is 1.24 bits per heavy atom. The van der Waals surface area contributed by atoms with Gasteiger partial charge in [0, 0.05) is 44.3 Å². The van der Waals surface area contributed by atoms with Crippen LogP contribution in [0.25, 0.3) is 10.9 Å². The molecule has 8 nitrogen and oxygen atoms in total. The molecule has 1 amide bonds. The van der Waals surface area contributed by atoms with Crippen molar-refractivity contribution >= 4 is 57.1 Å². The van der Waals surface area contributed by atoms with Gasteiger partial charge in [-0.15, -0.1) is 11.3 Å². The SMILES string of the molecule is CCn1cc(C(=O)O)c(=O)c2cc(F)c(N3CCN(C(=S)NC(=O)c4cccs4)CC3)cc21. The average Bonchev–Trinajstić information content (AvgIpc) is 3.34. The lowest BCUT2D eigenvalue weighted by Crippen LogP contribution is -2.52. The molecule has 2 N–H and O–H groups in total. The van der Waals surface area contributed by atoms with Gasteiger partial charge in [0.1, 0.15) is 11.4 Å². The molecule has 3 heterocycles. The summed E-state index contributed by atoms with van der Waals surface area (Å²) in [5.74, 6) is -2.19. The fourth-order valence-electron chi connectivity index (χ4n) is 3.85. The van der Waals surface area contributed by atoms with Gasteiger partial charge in [-0.1, -0.05) is 6.07 Å². The zero-order valence-electron chi connectivity index (χ0n) is 17.7. The zero-order valence-corrected chi connectivity index (χ0v) is 19.3.